The van der Waals surface area contributed by atoms with Gasteiger partial charge in [-0.25, -0.2) is 0 Å². The Kier molecular flexibility index (Phi) is 4.25. The lowest BCUT2D eigenvalue weighted by Gasteiger charge is -2.33. The van der Waals surface area contributed by atoms with Gasteiger partial charge in [0.2, 0.25) is 0 Å². The third-order valence-corrected chi connectivity index (χ3v) is 5.68. The molecule has 18 heavy (non-hydrogen) atoms. The fraction of sp³-hybridized carbons (Fsp3) is 1.00. The zero-order valence-electron chi connectivity index (χ0n) is 11.9. The van der Waals surface area contributed by atoms with E-state index in [0.717, 1.165) is 11.3 Å². The Labute approximate surface area is 113 Å². The van der Waals surface area contributed by atoms with E-state index in [-0.39, 0.29) is 0 Å². The van der Waals surface area contributed by atoms with Crippen molar-refractivity contribution in [2.24, 2.45) is 11.3 Å². The molecule has 2 aliphatic heterocycles. The zero-order valence-corrected chi connectivity index (χ0v) is 11.9. The molecule has 0 bridgehead atoms. The lowest BCUT2D eigenvalue weighted by atomic mass is 9.73. The standard InChI is InChI=1S/C16H30N2/c1-2-7-16(8-3-1)9-12-18(14-16)11-6-15-5-4-10-17-13-15/h15,17H,1-14H2. The van der Waals surface area contributed by atoms with Crippen LogP contribution in [-0.2, 0) is 0 Å². The van der Waals surface area contributed by atoms with Crippen LogP contribution in [0, 0.1) is 11.3 Å². The van der Waals surface area contributed by atoms with Crippen molar-refractivity contribution in [3.63, 3.8) is 0 Å². The maximum Gasteiger partial charge on any atom is 0.00385 e. The molecule has 3 rings (SSSR count). The van der Waals surface area contributed by atoms with Crippen LogP contribution in [-0.4, -0.2) is 37.6 Å². The minimum Gasteiger partial charge on any atom is -0.316 e. The maximum absolute atomic E-state index is 3.55. The molecule has 0 aromatic carbocycles. The van der Waals surface area contributed by atoms with E-state index in [1.165, 1.54) is 90.5 Å². The van der Waals surface area contributed by atoms with E-state index in [9.17, 15) is 0 Å². The van der Waals surface area contributed by atoms with E-state index in [0.29, 0.717) is 0 Å². The Hall–Kier alpha value is -0.0800. The van der Waals surface area contributed by atoms with Crippen LogP contribution in [0.1, 0.15) is 57.8 Å². The molecule has 2 heteroatoms. The molecule has 1 atom stereocenters. The molecule has 2 nitrogen and oxygen atoms in total. The van der Waals surface area contributed by atoms with E-state index in [4.69, 9.17) is 0 Å². The van der Waals surface area contributed by atoms with E-state index in [2.05, 4.69) is 10.2 Å². The highest BCUT2D eigenvalue weighted by Crippen LogP contribution is 2.43. The number of hydrogen-bond acceptors (Lipinski definition) is 2. The SMILES string of the molecule is C1CCC2(CC1)CCN(CCC1CCCNC1)C2. The molecule has 1 unspecified atom stereocenters. The summed E-state index contributed by atoms with van der Waals surface area (Å²) in [5.74, 6) is 0.960. The third-order valence-electron chi connectivity index (χ3n) is 5.68. The minimum atomic E-state index is 0.753. The maximum atomic E-state index is 3.55. The molecule has 0 radical (unpaired) electrons. The monoisotopic (exact) mass is 250 g/mol. The van der Waals surface area contributed by atoms with Crippen LogP contribution in [0.2, 0.25) is 0 Å². The Balaban J connectivity index is 1.41. The second-order valence-corrected chi connectivity index (χ2v) is 7.09. The highest BCUT2D eigenvalue weighted by atomic mass is 15.2. The molecule has 3 aliphatic rings. The topological polar surface area (TPSA) is 15.3 Å². The number of rotatable bonds is 3. The lowest BCUT2D eigenvalue weighted by molar-refractivity contribution is 0.180. The second-order valence-electron chi connectivity index (χ2n) is 7.09. The molecule has 0 aromatic rings. The number of hydrogen-bond donors (Lipinski definition) is 1. The Morgan fingerprint density at radius 1 is 1.06 bits per heavy atom. The first-order valence-corrected chi connectivity index (χ1v) is 8.29. The third kappa shape index (κ3) is 3.08. The van der Waals surface area contributed by atoms with Crippen molar-refractivity contribution < 1.29 is 0 Å². The van der Waals surface area contributed by atoms with Gasteiger partial charge in [-0.05, 0) is 76.0 Å². The van der Waals surface area contributed by atoms with E-state index < -0.39 is 0 Å². The summed E-state index contributed by atoms with van der Waals surface area (Å²) in [6, 6.07) is 0. The summed E-state index contributed by atoms with van der Waals surface area (Å²) in [6.45, 7) is 6.71. The molecular weight excluding hydrogens is 220 g/mol. The van der Waals surface area contributed by atoms with Crippen LogP contribution in [0.4, 0.5) is 0 Å². The fourth-order valence-corrected chi connectivity index (χ4v) is 4.46. The van der Waals surface area contributed by atoms with E-state index in [1.54, 1.807) is 0 Å². The smallest absolute Gasteiger partial charge is 0.00385 e. The van der Waals surface area contributed by atoms with E-state index >= 15 is 0 Å². The van der Waals surface area contributed by atoms with Gasteiger partial charge < -0.3 is 10.2 Å². The molecule has 1 saturated carbocycles. The second kappa shape index (κ2) is 5.92. The summed E-state index contributed by atoms with van der Waals surface area (Å²) >= 11 is 0. The normalized spacial score (nSPS) is 33.0. The first-order valence-electron chi connectivity index (χ1n) is 8.29. The molecule has 1 aliphatic carbocycles. The Morgan fingerprint density at radius 2 is 1.94 bits per heavy atom. The van der Waals surface area contributed by atoms with Gasteiger partial charge in [-0.2, -0.15) is 0 Å². The van der Waals surface area contributed by atoms with Gasteiger partial charge in [0, 0.05) is 6.54 Å². The molecule has 104 valence electrons. The number of likely N-dealkylation sites (tertiary alicyclic amines) is 1. The van der Waals surface area contributed by atoms with Crippen LogP contribution in [0.15, 0.2) is 0 Å². The summed E-state index contributed by atoms with van der Waals surface area (Å²) in [6.07, 6.45) is 13.3. The quantitative estimate of drug-likeness (QED) is 0.828. The summed E-state index contributed by atoms with van der Waals surface area (Å²) in [4.78, 5) is 2.78. The van der Waals surface area contributed by atoms with E-state index in [1.807, 2.05) is 0 Å². The molecule has 1 N–H and O–H groups in total. The van der Waals surface area contributed by atoms with Crippen LogP contribution >= 0.6 is 0 Å². The molecule has 2 heterocycles. The molecule has 1 spiro atoms. The average molecular weight is 250 g/mol. The summed E-state index contributed by atoms with van der Waals surface area (Å²) in [5.41, 5.74) is 0.753. The number of nitrogens with zero attached hydrogens (tertiary/aromatic N) is 1. The van der Waals surface area contributed by atoms with Crippen LogP contribution < -0.4 is 5.32 Å². The summed E-state index contributed by atoms with van der Waals surface area (Å²) < 4.78 is 0. The first-order chi connectivity index (χ1) is 8.86. The first kappa shape index (κ1) is 12.9. The van der Waals surface area contributed by atoms with Gasteiger partial charge in [0.05, 0.1) is 0 Å². The Bertz CT molecular complexity index is 252. The highest BCUT2D eigenvalue weighted by Gasteiger charge is 2.38. The van der Waals surface area contributed by atoms with Crippen molar-refractivity contribution in [2.75, 3.05) is 32.7 Å². The van der Waals surface area contributed by atoms with Crippen molar-refractivity contribution in [3.05, 3.63) is 0 Å². The summed E-state index contributed by atoms with van der Waals surface area (Å²) in [5, 5.41) is 3.55. The largest absolute Gasteiger partial charge is 0.316 e. The van der Waals surface area contributed by atoms with Crippen LogP contribution in [0.5, 0.6) is 0 Å². The molecular formula is C16H30N2. The zero-order chi connectivity index (χ0) is 12.3. The van der Waals surface area contributed by atoms with Crippen molar-refractivity contribution in [3.8, 4) is 0 Å². The summed E-state index contributed by atoms with van der Waals surface area (Å²) in [7, 11) is 0. The van der Waals surface area contributed by atoms with Crippen molar-refractivity contribution in [1.29, 1.82) is 0 Å². The van der Waals surface area contributed by atoms with Crippen LogP contribution in [0.25, 0.3) is 0 Å². The number of nitrogens with one attached hydrogen (secondary N) is 1. The fourth-order valence-electron chi connectivity index (χ4n) is 4.46. The van der Waals surface area contributed by atoms with Crippen molar-refractivity contribution in [1.82, 2.24) is 10.2 Å². The predicted molar refractivity (Wildman–Crippen MR) is 76.8 cm³/mol. The predicted octanol–water partition coefficient (Wildman–Crippen LogP) is 3.03. The average Bonchev–Trinajstić information content (AvgIpc) is 2.82. The van der Waals surface area contributed by atoms with Gasteiger partial charge >= 0.3 is 0 Å². The van der Waals surface area contributed by atoms with Gasteiger partial charge in [0.15, 0.2) is 0 Å². The van der Waals surface area contributed by atoms with Crippen molar-refractivity contribution >= 4 is 0 Å². The van der Waals surface area contributed by atoms with Gasteiger partial charge in [-0.3, -0.25) is 0 Å². The number of piperidine rings is 1. The molecule has 3 fully saturated rings. The van der Waals surface area contributed by atoms with Crippen molar-refractivity contribution in [2.45, 2.75) is 57.8 Å². The van der Waals surface area contributed by atoms with Gasteiger partial charge in [-0.15, -0.1) is 0 Å². The highest BCUT2D eigenvalue weighted by molar-refractivity contribution is 4.91. The minimum absolute atomic E-state index is 0.753. The van der Waals surface area contributed by atoms with Gasteiger partial charge in [0.1, 0.15) is 0 Å². The molecule has 2 saturated heterocycles. The van der Waals surface area contributed by atoms with Crippen LogP contribution in [0.3, 0.4) is 0 Å². The van der Waals surface area contributed by atoms with Gasteiger partial charge in [-0.1, -0.05) is 19.3 Å². The lowest BCUT2D eigenvalue weighted by Crippen LogP contribution is -2.34. The Morgan fingerprint density at radius 3 is 2.72 bits per heavy atom. The molecule has 0 amide bonds. The molecule has 0 aromatic heterocycles. The van der Waals surface area contributed by atoms with Gasteiger partial charge in [0.25, 0.3) is 0 Å².